The van der Waals surface area contributed by atoms with E-state index < -0.39 is 0 Å². The van der Waals surface area contributed by atoms with Gasteiger partial charge in [0.15, 0.2) is 0 Å². The molecule has 0 N–H and O–H groups in total. The SMILES string of the molecule is c1ccc(Cc2oc3ccc(CN4CCN(Cc5ccc6oc(Cc7ccccc7)c(N7CCOCC7)c6c5)CC4)cc3c2N2CCOCC2)cc1. The Kier molecular flexibility index (Phi) is 9.70. The summed E-state index contributed by atoms with van der Waals surface area (Å²) in [5, 5.41) is 2.45. The van der Waals surface area contributed by atoms with Crippen molar-refractivity contribution in [1.82, 2.24) is 9.80 Å². The first-order chi connectivity index (χ1) is 25.7. The highest BCUT2D eigenvalue weighted by molar-refractivity contribution is 5.94. The number of morpholine rings is 2. The van der Waals surface area contributed by atoms with Crippen molar-refractivity contribution >= 4 is 33.3 Å². The van der Waals surface area contributed by atoms with Crippen LogP contribution in [0.25, 0.3) is 21.9 Å². The lowest BCUT2D eigenvalue weighted by Gasteiger charge is -2.35. The van der Waals surface area contributed by atoms with Crippen LogP contribution >= 0.6 is 0 Å². The molecule has 0 radical (unpaired) electrons. The number of hydrogen-bond donors (Lipinski definition) is 0. The van der Waals surface area contributed by atoms with Crippen molar-refractivity contribution < 1.29 is 18.3 Å². The summed E-state index contributed by atoms with van der Waals surface area (Å²) in [4.78, 5) is 10.1. The Morgan fingerprint density at radius 3 is 1.23 bits per heavy atom. The predicted octanol–water partition coefficient (Wildman–Crippen LogP) is 7.35. The summed E-state index contributed by atoms with van der Waals surface area (Å²) in [5.41, 5.74) is 9.65. The molecule has 3 aliphatic heterocycles. The maximum Gasteiger partial charge on any atom is 0.136 e. The summed E-state index contributed by atoms with van der Waals surface area (Å²) in [5.74, 6) is 2.10. The molecule has 0 amide bonds. The Hall–Kier alpha value is -4.60. The van der Waals surface area contributed by atoms with Gasteiger partial charge < -0.3 is 28.1 Å². The van der Waals surface area contributed by atoms with Crippen molar-refractivity contribution in [3.63, 3.8) is 0 Å². The Morgan fingerprint density at radius 2 is 0.827 bits per heavy atom. The zero-order valence-electron chi connectivity index (χ0n) is 30.0. The van der Waals surface area contributed by atoms with E-state index in [4.69, 9.17) is 18.3 Å². The summed E-state index contributed by atoms with van der Waals surface area (Å²) in [6.07, 6.45) is 1.58. The summed E-state index contributed by atoms with van der Waals surface area (Å²) in [6.45, 7) is 12.6. The lowest BCUT2D eigenvalue weighted by atomic mass is 10.1. The van der Waals surface area contributed by atoms with Crippen molar-refractivity contribution in [1.29, 1.82) is 0 Å². The number of furan rings is 2. The topological polar surface area (TPSA) is 57.7 Å². The third kappa shape index (κ3) is 7.21. The molecule has 3 fully saturated rings. The molecule has 8 nitrogen and oxygen atoms in total. The van der Waals surface area contributed by atoms with Gasteiger partial charge in [0.05, 0.1) is 37.8 Å². The second-order valence-electron chi connectivity index (χ2n) is 14.5. The number of nitrogens with zero attached hydrogens (tertiary/aromatic N) is 4. The van der Waals surface area contributed by atoms with E-state index in [1.54, 1.807) is 0 Å². The lowest BCUT2D eigenvalue weighted by molar-refractivity contribution is 0.122. The molecule has 2 aromatic heterocycles. The average molecular weight is 697 g/mol. The molecular formula is C44H48N4O4. The Labute approximate surface area is 306 Å². The number of piperazine rings is 1. The molecule has 6 aromatic rings. The molecular weight excluding hydrogens is 649 g/mol. The van der Waals surface area contributed by atoms with E-state index in [9.17, 15) is 0 Å². The van der Waals surface area contributed by atoms with Crippen molar-refractivity contribution in [2.75, 3.05) is 88.6 Å². The van der Waals surface area contributed by atoms with Gasteiger partial charge in [-0.05, 0) is 46.5 Å². The minimum absolute atomic E-state index is 0.752. The predicted molar refractivity (Wildman–Crippen MR) is 208 cm³/mol. The van der Waals surface area contributed by atoms with E-state index in [-0.39, 0.29) is 0 Å². The number of anilines is 2. The molecule has 0 saturated carbocycles. The Balaban J connectivity index is 0.888. The minimum Gasteiger partial charge on any atom is -0.458 e. The minimum atomic E-state index is 0.752. The van der Waals surface area contributed by atoms with Crippen LogP contribution in [0.4, 0.5) is 11.4 Å². The number of ether oxygens (including phenoxy) is 2. The number of hydrogen-bond acceptors (Lipinski definition) is 8. The van der Waals surface area contributed by atoms with Gasteiger partial charge >= 0.3 is 0 Å². The fourth-order valence-electron chi connectivity index (χ4n) is 8.25. The first-order valence-corrected chi connectivity index (χ1v) is 19.0. The molecule has 4 aromatic carbocycles. The first-order valence-electron chi connectivity index (χ1n) is 19.0. The molecule has 0 atom stereocenters. The number of rotatable bonds is 10. The van der Waals surface area contributed by atoms with E-state index in [1.165, 1.54) is 44.4 Å². The molecule has 0 aliphatic carbocycles. The lowest BCUT2D eigenvalue weighted by Crippen LogP contribution is -2.45. The summed E-state index contributed by atoms with van der Waals surface area (Å²) in [6, 6.07) is 34.9. The zero-order chi connectivity index (χ0) is 34.7. The van der Waals surface area contributed by atoms with Crippen LogP contribution in [0, 0.1) is 0 Å². The van der Waals surface area contributed by atoms with E-state index in [1.807, 2.05) is 0 Å². The van der Waals surface area contributed by atoms with Gasteiger partial charge in [-0.2, -0.15) is 0 Å². The highest BCUT2D eigenvalue weighted by Gasteiger charge is 2.25. The molecule has 0 unspecified atom stereocenters. The Morgan fingerprint density at radius 1 is 0.423 bits per heavy atom. The molecule has 3 aliphatic rings. The second kappa shape index (κ2) is 15.2. The molecule has 52 heavy (non-hydrogen) atoms. The number of fused-ring (bicyclic) bond motifs is 2. The maximum atomic E-state index is 6.55. The fourth-order valence-corrected chi connectivity index (χ4v) is 8.25. The third-order valence-electron chi connectivity index (χ3n) is 10.9. The van der Waals surface area contributed by atoms with Gasteiger partial charge in [0, 0.05) is 89.1 Å². The van der Waals surface area contributed by atoms with E-state index in [0.29, 0.717) is 0 Å². The molecule has 268 valence electrons. The maximum absolute atomic E-state index is 6.55. The van der Waals surface area contributed by atoms with E-state index >= 15 is 0 Å². The standard InChI is InChI=1S/C44H48N4O4/c1-3-7-33(8-4-1)29-41-43(47-19-23-49-24-20-47)37-27-35(11-13-39(37)51-41)31-45-15-17-46(18-16-45)32-36-12-14-40-38(28-36)44(48-21-25-50-26-22-48)42(52-40)30-34-9-5-2-6-10-34/h1-14,27-28H,15-26,29-32H2. The summed E-state index contributed by atoms with van der Waals surface area (Å²) >= 11 is 0. The van der Waals surface area contributed by atoms with Gasteiger partial charge in [-0.25, -0.2) is 0 Å². The van der Waals surface area contributed by atoms with Crippen LogP contribution in [0.1, 0.15) is 33.8 Å². The summed E-state index contributed by atoms with van der Waals surface area (Å²) in [7, 11) is 0. The molecule has 3 saturated heterocycles. The summed E-state index contributed by atoms with van der Waals surface area (Å²) < 4.78 is 24.5. The van der Waals surface area contributed by atoms with Crippen molar-refractivity contribution in [3.05, 3.63) is 131 Å². The van der Waals surface area contributed by atoms with Crippen LogP contribution in [0.5, 0.6) is 0 Å². The molecule has 0 spiro atoms. The monoisotopic (exact) mass is 696 g/mol. The van der Waals surface area contributed by atoms with Crippen LogP contribution in [-0.4, -0.2) is 88.6 Å². The van der Waals surface area contributed by atoms with Crippen LogP contribution in [0.15, 0.2) is 106 Å². The first kappa shape index (κ1) is 33.3. The average Bonchev–Trinajstić information content (AvgIpc) is 3.73. The molecule has 8 heteroatoms. The van der Waals surface area contributed by atoms with Gasteiger partial charge in [-0.1, -0.05) is 72.8 Å². The van der Waals surface area contributed by atoms with Crippen molar-refractivity contribution in [3.8, 4) is 0 Å². The van der Waals surface area contributed by atoms with Crippen molar-refractivity contribution in [2.45, 2.75) is 25.9 Å². The molecule has 0 bridgehead atoms. The fraction of sp³-hybridized carbons (Fsp3) is 0.364. The van der Waals surface area contributed by atoms with Crippen molar-refractivity contribution in [2.24, 2.45) is 0 Å². The molecule has 9 rings (SSSR count). The highest BCUT2D eigenvalue weighted by atomic mass is 16.5. The van der Waals surface area contributed by atoms with Crippen LogP contribution in [-0.2, 0) is 35.4 Å². The normalized spacial score (nSPS) is 17.8. The van der Waals surface area contributed by atoms with E-state index in [2.05, 4.69) is 117 Å². The number of benzene rings is 4. The quantitative estimate of drug-likeness (QED) is 0.148. The smallest absolute Gasteiger partial charge is 0.136 e. The zero-order valence-corrected chi connectivity index (χ0v) is 30.0. The van der Waals surface area contributed by atoms with Crippen LogP contribution in [0.2, 0.25) is 0 Å². The second-order valence-corrected chi connectivity index (χ2v) is 14.5. The van der Waals surface area contributed by atoms with Crippen LogP contribution < -0.4 is 9.80 Å². The third-order valence-corrected chi connectivity index (χ3v) is 10.9. The van der Waals surface area contributed by atoms with Gasteiger partial charge in [0.25, 0.3) is 0 Å². The molecule has 5 heterocycles. The van der Waals surface area contributed by atoms with Gasteiger partial charge in [-0.3, -0.25) is 9.80 Å². The van der Waals surface area contributed by atoms with Gasteiger partial charge in [0.1, 0.15) is 22.7 Å². The van der Waals surface area contributed by atoms with Crippen LogP contribution in [0.3, 0.4) is 0 Å². The van der Waals surface area contributed by atoms with E-state index in [0.717, 1.165) is 127 Å². The highest BCUT2D eigenvalue weighted by Crippen LogP contribution is 2.38. The van der Waals surface area contributed by atoms with Gasteiger partial charge in [-0.15, -0.1) is 0 Å². The van der Waals surface area contributed by atoms with Gasteiger partial charge in [0.2, 0.25) is 0 Å². The largest absolute Gasteiger partial charge is 0.458 e. The Bertz CT molecular complexity index is 1940.